The maximum absolute atomic E-state index is 13.8. The average molecular weight is 318 g/mol. The lowest BCUT2D eigenvalue weighted by Crippen LogP contribution is -2.10. The number of rotatable bonds is 2. The van der Waals surface area contributed by atoms with E-state index in [0.29, 0.717) is 0 Å². The summed E-state index contributed by atoms with van der Waals surface area (Å²) in [6.45, 7) is 0. The van der Waals surface area contributed by atoms with Crippen molar-refractivity contribution in [1.82, 2.24) is 4.98 Å². The Hall–Kier alpha value is -2.71. The van der Waals surface area contributed by atoms with E-state index in [1.54, 1.807) is 0 Å². The minimum absolute atomic E-state index is 0.379. The molecule has 116 valence electrons. The highest BCUT2D eigenvalue weighted by molar-refractivity contribution is 5.89. The van der Waals surface area contributed by atoms with Crippen LogP contribution in [0.3, 0.4) is 0 Å². The number of halogens is 5. The molecule has 0 fully saturated rings. The lowest BCUT2D eigenvalue weighted by molar-refractivity contribution is 0.0594. The van der Waals surface area contributed by atoms with E-state index in [-0.39, 0.29) is 5.69 Å². The smallest absolute Gasteiger partial charge is 0.356 e. The molecule has 0 unspecified atom stereocenters. The fourth-order valence-corrected chi connectivity index (χ4v) is 1.70. The van der Waals surface area contributed by atoms with Crippen LogP contribution in [0.1, 0.15) is 10.5 Å². The summed E-state index contributed by atoms with van der Waals surface area (Å²) >= 11 is 0. The van der Waals surface area contributed by atoms with Gasteiger partial charge in [0.25, 0.3) is 0 Å². The zero-order valence-electron chi connectivity index (χ0n) is 10.9. The molecule has 0 saturated carbocycles. The summed E-state index contributed by atoms with van der Waals surface area (Å²) in [5.74, 6) is -11.8. The molecule has 1 aromatic heterocycles. The van der Waals surface area contributed by atoms with Crippen molar-refractivity contribution < 1.29 is 31.5 Å². The standard InChI is InChI=1S/C13H7F5N2O2/c1-22-13(21)5-3-2-4(19)12(20-5)6-7(14)9(16)11(18)10(17)8(6)15/h2-3H,19H2,1H3. The van der Waals surface area contributed by atoms with Crippen LogP contribution in [0.4, 0.5) is 27.6 Å². The molecule has 2 rings (SSSR count). The molecule has 0 saturated heterocycles. The second-order valence-corrected chi connectivity index (χ2v) is 4.07. The number of pyridine rings is 1. The van der Waals surface area contributed by atoms with Gasteiger partial charge >= 0.3 is 5.97 Å². The maximum atomic E-state index is 13.8. The van der Waals surface area contributed by atoms with E-state index >= 15 is 0 Å². The lowest BCUT2D eigenvalue weighted by atomic mass is 10.1. The number of hydrogen-bond donors (Lipinski definition) is 1. The van der Waals surface area contributed by atoms with Crippen molar-refractivity contribution in [2.75, 3.05) is 12.8 Å². The van der Waals surface area contributed by atoms with Gasteiger partial charge in [-0.05, 0) is 12.1 Å². The SMILES string of the molecule is COC(=O)c1ccc(N)c(-c2c(F)c(F)c(F)c(F)c2F)n1. The first-order valence-electron chi connectivity index (χ1n) is 5.66. The van der Waals surface area contributed by atoms with Crippen molar-refractivity contribution in [2.24, 2.45) is 0 Å². The molecule has 4 nitrogen and oxygen atoms in total. The van der Waals surface area contributed by atoms with Crippen LogP contribution < -0.4 is 5.73 Å². The van der Waals surface area contributed by atoms with Gasteiger partial charge in [-0.15, -0.1) is 0 Å². The Labute approximate surface area is 120 Å². The van der Waals surface area contributed by atoms with E-state index in [9.17, 15) is 26.7 Å². The number of esters is 1. The quantitative estimate of drug-likeness (QED) is 0.400. The van der Waals surface area contributed by atoms with Gasteiger partial charge in [-0.3, -0.25) is 0 Å². The number of benzene rings is 1. The largest absolute Gasteiger partial charge is 0.464 e. The van der Waals surface area contributed by atoms with Crippen LogP contribution in [0.2, 0.25) is 0 Å². The van der Waals surface area contributed by atoms with E-state index in [1.165, 1.54) is 0 Å². The van der Waals surface area contributed by atoms with Gasteiger partial charge < -0.3 is 10.5 Å². The van der Waals surface area contributed by atoms with Crippen molar-refractivity contribution in [1.29, 1.82) is 0 Å². The van der Waals surface area contributed by atoms with Gasteiger partial charge in [-0.1, -0.05) is 0 Å². The van der Waals surface area contributed by atoms with Crippen molar-refractivity contribution in [3.8, 4) is 11.3 Å². The molecule has 0 spiro atoms. The molecule has 0 amide bonds. The molecule has 0 atom stereocenters. The highest BCUT2D eigenvalue weighted by Crippen LogP contribution is 2.33. The molecule has 0 aliphatic carbocycles. The van der Waals surface area contributed by atoms with Crippen molar-refractivity contribution in [3.63, 3.8) is 0 Å². The van der Waals surface area contributed by atoms with Gasteiger partial charge in [0.2, 0.25) is 5.82 Å². The monoisotopic (exact) mass is 318 g/mol. The molecule has 22 heavy (non-hydrogen) atoms. The molecule has 0 aliphatic rings. The molecule has 9 heteroatoms. The van der Waals surface area contributed by atoms with E-state index in [1.807, 2.05) is 0 Å². The number of nitrogen functional groups attached to an aromatic ring is 1. The number of carbonyl (C=O) groups is 1. The Kier molecular flexibility index (Phi) is 3.98. The molecule has 0 bridgehead atoms. The van der Waals surface area contributed by atoms with Gasteiger partial charge in [0, 0.05) is 0 Å². The third-order valence-electron chi connectivity index (χ3n) is 2.77. The Morgan fingerprint density at radius 3 is 2.00 bits per heavy atom. The number of nitrogens with two attached hydrogens (primary N) is 1. The highest BCUT2D eigenvalue weighted by Gasteiger charge is 2.28. The second kappa shape index (κ2) is 5.58. The topological polar surface area (TPSA) is 65.2 Å². The number of nitrogens with zero attached hydrogens (tertiary/aromatic N) is 1. The highest BCUT2D eigenvalue weighted by atomic mass is 19.2. The molecule has 0 radical (unpaired) electrons. The summed E-state index contributed by atoms with van der Waals surface area (Å²) in [6, 6.07) is 2.11. The van der Waals surface area contributed by atoms with Crippen LogP contribution in [-0.2, 0) is 4.74 Å². The van der Waals surface area contributed by atoms with E-state index < -0.39 is 52.0 Å². The fraction of sp³-hybridized carbons (Fsp3) is 0.0769. The number of anilines is 1. The first-order valence-corrected chi connectivity index (χ1v) is 5.66. The first-order chi connectivity index (χ1) is 10.3. The van der Waals surface area contributed by atoms with Gasteiger partial charge in [-0.25, -0.2) is 31.7 Å². The van der Waals surface area contributed by atoms with Crippen LogP contribution in [0.5, 0.6) is 0 Å². The Morgan fingerprint density at radius 1 is 1.00 bits per heavy atom. The van der Waals surface area contributed by atoms with E-state index in [2.05, 4.69) is 9.72 Å². The Bertz CT molecular complexity index is 751. The Balaban J connectivity index is 2.80. The van der Waals surface area contributed by atoms with Crippen LogP contribution in [0, 0.1) is 29.1 Å². The predicted octanol–water partition coefficient (Wildman–Crippen LogP) is 2.81. The zero-order valence-corrected chi connectivity index (χ0v) is 10.9. The van der Waals surface area contributed by atoms with E-state index in [4.69, 9.17) is 5.73 Å². The van der Waals surface area contributed by atoms with Crippen molar-refractivity contribution in [3.05, 3.63) is 46.9 Å². The maximum Gasteiger partial charge on any atom is 0.356 e. The molecule has 1 heterocycles. The number of carbonyl (C=O) groups excluding carboxylic acids is 1. The summed E-state index contributed by atoms with van der Waals surface area (Å²) in [6.07, 6.45) is 0. The van der Waals surface area contributed by atoms with Crippen LogP contribution >= 0.6 is 0 Å². The Morgan fingerprint density at radius 2 is 1.50 bits per heavy atom. The molecule has 2 aromatic rings. The van der Waals surface area contributed by atoms with Crippen molar-refractivity contribution in [2.45, 2.75) is 0 Å². The van der Waals surface area contributed by atoms with Crippen LogP contribution in [-0.4, -0.2) is 18.1 Å². The lowest BCUT2D eigenvalue weighted by Gasteiger charge is -2.10. The number of ether oxygens (including phenoxy) is 1. The zero-order chi connectivity index (χ0) is 16.6. The molecule has 0 aliphatic heterocycles. The van der Waals surface area contributed by atoms with Crippen LogP contribution in [0.25, 0.3) is 11.3 Å². The number of methoxy groups -OCH3 is 1. The summed E-state index contributed by atoms with van der Waals surface area (Å²) in [5.41, 5.74) is 2.59. The first kappa shape index (κ1) is 15.7. The predicted molar refractivity (Wildman–Crippen MR) is 65.2 cm³/mol. The summed E-state index contributed by atoms with van der Waals surface area (Å²) in [5, 5.41) is 0. The van der Waals surface area contributed by atoms with Gasteiger partial charge in [-0.2, -0.15) is 0 Å². The summed E-state index contributed by atoms with van der Waals surface area (Å²) in [7, 11) is 1.03. The summed E-state index contributed by atoms with van der Waals surface area (Å²) < 4.78 is 71.3. The molecule has 2 N–H and O–H groups in total. The number of aromatic nitrogens is 1. The van der Waals surface area contributed by atoms with Crippen LogP contribution in [0.15, 0.2) is 12.1 Å². The van der Waals surface area contributed by atoms with Gasteiger partial charge in [0.1, 0.15) is 11.4 Å². The van der Waals surface area contributed by atoms with Gasteiger partial charge in [0.15, 0.2) is 23.3 Å². The average Bonchev–Trinajstić information content (AvgIpc) is 2.52. The number of hydrogen-bond acceptors (Lipinski definition) is 4. The minimum atomic E-state index is -2.30. The second-order valence-electron chi connectivity index (χ2n) is 4.07. The molecule has 1 aromatic carbocycles. The third-order valence-corrected chi connectivity index (χ3v) is 2.77. The van der Waals surface area contributed by atoms with Crippen molar-refractivity contribution >= 4 is 11.7 Å². The summed E-state index contributed by atoms with van der Waals surface area (Å²) in [4.78, 5) is 14.9. The third kappa shape index (κ3) is 2.34. The normalized spacial score (nSPS) is 10.6. The fourth-order valence-electron chi connectivity index (χ4n) is 1.70. The minimum Gasteiger partial charge on any atom is -0.464 e. The molecular weight excluding hydrogens is 311 g/mol. The van der Waals surface area contributed by atoms with Gasteiger partial charge in [0.05, 0.1) is 18.4 Å². The van der Waals surface area contributed by atoms with E-state index in [0.717, 1.165) is 19.2 Å². The molecular formula is C13H7F5N2O2.